The lowest BCUT2D eigenvalue weighted by Gasteiger charge is -2.31. The molecule has 1 unspecified atom stereocenters. The van der Waals surface area contributed by atoms with Crippen LogP contribution in [-0.2, 0) is 9.53 Å². The molecule has 1 aromatic carbocycles. The number of anilines is 1. The van der Waals surface area contributed by atoms with Gasteiger partial charge in [-0.3, -0.25) is 0 Å². The van der Waals surface area contributed by atoms with E-state index < -0.39 is 5.54 Å². The molecule has 1 saturated carbocycles. The van der Waals surface area contributed by atoms with Gasteiger partial charge < -0.3 is 14.8 Å². The molecule has 0 saturated heterocycles. The summed E-state index contributed by atoms with van der Waals surface area (Å²) in [5.74, 6) is 0.576. The largest absolute Gasteiger partial charge is 0.495 e. The number of carbonyl (C=O) groups is 1. The topological polar surface area (TPSA) is 47.6 Å². The number of para-hydroxylation sites is 2. The number of hydrogen-bond acceptors (Lipinski definition) is 4. The van der Waals surface area contributed by atoms with E-state index >= 15 is 0 Å². The van der Waals surface area contributed by atoms with Gasteiger partial charge >= 0.3 is 5.97 Å². The fourth-order valence-corrected chi connectivity index (χ4v) is 3.15. The van der Waals surface area contributed by atoms with E-state index in [4.69, 9.17) is 9.47 Å². The van der Waals surface area contributed by atoms with Crippen molar-refractivity contribution in [1.29, 1.82) is 0 Å². The van der Waals surface area contributed by atoms with Crippen LogP contribution in [0.1, 0.15) is 40.0 Å². The Morgan fingerprint density at radius 2 is 2.00 bits per heavy atom. The summed E-state index contributed by atoms with van der Waals surface area (Å²) in [6, 6.07) is 7.68. The first-order valence-corrected chi connectivity index (χ1v) is 7.51. The summed E-state index contributed by atoms with van der Waals surface area (Å²) in [5, 5.41) is 3.41. The first kappa shape index (κ1) is 15.7. The number of esters is 1. The molecule has 0 bridgehead atoms. The van der Waals surface area contributed by atoms with Gasteiger partial charge in [0, 0.05) is 0 Å². The van der Waals surface area contributed by atoms with E-state index in [1.54, 1.807) is 7.11 Å². The molecule has 1 aromatic rings. The van der Waals surface area contributed by atoms with Gasteiger partial charge in [0.2, 0.25) is 0 Å². The fraction of sp³-hybridized carbons (Fsp3) is 0.588. The Kier molecular flexibility index (Phi) is 4.45. The van der Waals surface area contributed by atoms with Crippen molar-refractivity contribution in [3.05, 3.63) is 24.3 Å². The summed E-state index contributed by atoms with van der Waals surface area (Å²) >= 11 is 0. The van der Waals surface area contributed by atoms with Gasteiger partial charge in [-0.25, -0.2) is 4.79 Å². The Hall–Kier alpha value is -1.71. The molecule has 0 heterocycles. The highest BCUT2D eigenvalue weighted by atomic mass is 16.5. The van der Waals surface area contributed by atoms with Gasteiger partial charge in [0.05, 0.1) is 19.4 Å². The number of carbonyl (C=O) groups excluding carboxylic acids is 1. The van der Waals surface area contributed by atoms with E-state index in [1.807, 2.05) is 31.2 Å². The highest BCUT2D eigenvalue weighted by molar-refractivity contribution is 5.86. The Labute approximate surface area is 126 Å². The first-order valence-electron chi connectivity index (χ1n) is 7.51. The predicted molar refractivity (Wildman–Crippen MR) is 83.6 cm³/mol. The number of rotatable bonds is 5. The maximum absolute atomic E-state index is 12.5. The molecule has 1 fully saturated rings. The summed E-state index contributed by atoms with van der Waals surface area (Å²) in [5.41, 5.74) is 0.307. The van der Waals surface area contributed by atoms with Crippen molar-refractivity contribution < 1.29 is 14.3 Å². The third kappa shape index (κ3) is 3.31. The molecular formula is C17H25NO3. The van der Waals surface area contributed by atoms with Gasteiger partial charge in [-0.05, 0) is 43.7 Å². The van der Waals surface area contributed by atoms with Crippen molar-refractivity contribution >= 4 is 11.7 Å². The molecule has 116 valence electrons. The molecule has 21 heavy (non-hydrogen) atoms. The summed E-state index contributed by atoms with van der Waals surface area (Å²) in [6.45, 7) is 6.62. The lowest BCUT2D eigenvalue weighted by molar-refractivity contribution is -0.148. The highest BCUT2D eigenvalue weighted by Crippen LogP contribution is 2.46. The van der Waals surface area contributed by atoms with Gasteiger partial charge in [-0.15, -0.1) is 0 Å². The fourth-order valence-electron chi connectivity index (χ4n) is 3.15. The smallest absolute Gasteiger partial charge is 0.331 e. The molecule has 1 aliphatic rings. The third-order valence-corrected chi connectivity index (χ3v) is 4.16. The summed E-state index contributed by atoms with van der Waals surface area (Å²) < 4.78 is 10.7. The lowest BCUT2D eigenvalue weighted by atomic mass is 9.87. The zero-order chi connectivity index (χ0) is 15.5. The second kappa shape index (κ2) is 5.96. The molecule has 1 N–H and O–H groups in total. The van der Waals surface area contributed by atoms with E-state index in [9.17, 15) is 4.79 Å². The minimum Gasteiger partial charge on any atom is -0.495 e. The van der Waals surface area contributed by atoms with Crippen LogP contribution in [0.3, 0.4) is 0 Å². The third-order valence-electron chi connectivity index (χ3n) is 4.16. The van der Waals surface area contributed by atoms with E-state index in [0.717, 1.165) is 30.7 Å². The Balaban J connectivity index is 2.31. The van der Waals surface area contributed by atoms with Gasteiger partial charge in [0.25, 0.3) is 0 Å². The molecule has 1 atom stereocenters. The molecule has 4 heteroatoms. The number of ether oxygens (including phenoxy) is 2. The van der Waals surface area contributed by atoms with Crippen LogP contribution in [0.5, 0.6) is 5.75 Å². The quantitative estimate of drug-likeness (QED) is 0.842. The van der Waals surface area contributed by atoms with Crippen LogP contribution >= 0.6 is 0 Å². The van der Waals surface area contributed by atoms with E-state index in [2.05, 4.69) is 19.2 Å². The normalized spacial score (nSPS) is 23.6. The zero-order valence-electron chi connectivity index (χ0n) is 13.4. The zero-order valence-corrected chi connectivity index (χ0v) is 13.4. The van der Waals surface area contributed by atoms with Gasteiger partial charge in [0.1, 0.15) is 11.3 Å². The molecule has 1 aliphatic carbocycles. The van der Waals surface area contributed by atoms with Crippen LogP contribution in [0, 0.1) is 5.41 Å². The van der Waals surface area contributed by atoms with E-state index in [1.165, 1.54) is 0 Å². The van der Waals surface area contributed by atoms with Crippen LogP contribution in [0.15, 0.2) is 24.3 Å². The number of benzene rings is 1. The van der Waals surface area contributed by atoms with Crippen molar-refractivity contribution in [3.8, 4) is 5.75 Å². The van der Waals surface area contributed by atoms with Gasteiger partial charge in [-0.1, -0.05) is 26.0 Å². The lowest BCUT2D eigenvalue weighted by Crippen LogP contribution is -2.46. The van der Waals surface area contributed by atoms with Gasteiger partial charge in [-0.2, -0.15) is 0 Å². The summed E-state index contributed by atoms with van der Waals surface area (Å²) in [7, 11) is 1.64. The second-order valence-corrected chi connectivity index (χ2v) is 6.47. The number of hydrogen-bond donors (Lipinski definition) is 1. The minimum atomic E-state index is -0.659. The average Bonchev–Trinajstić information content (AvgIpc) is 2.76. The molecule has 0 amide bonds. The molecule has 2 rings (SSSR count). The monoisotopic (exact) mass is 291 g/mol. The van der Waals surface area contributed by atoms with Crippen LogP contribution in [0.2, 0.25) is 0 Å². The Morgan fingerprint density at radius 3 is 2.57 bits per heavy atom. The second-order valence-electron chi connectivity index (χ2n) is 6.47. The summed E-state index contributed by atoms with van der Waals surface area (Å²) in [4.78, 5) is 12.5. The van der Waals surface area contributed by atoms with E-state index in [0.29, 0.717) is 6.61 Å². The molecule has 0 aliphatic heterocycles. The van der Waals surface area contributed by atoms with Crippen LogP contribution < -0.4 is 10.1 Å². The molecular weight excluding hydrogens is 266 g/mol. The highest BCUT2D eigenvalue weighted by Gasteiger charge is 2.50. The van der Waals surface area contributed by atoms with Crippen molar-refractivity contribution in [3.63, 3.8) is 0 Å². The molecule has 0 spiro atoms. The number of methoxy groups -OCH3 is 1. The maximum atomic E-state index is 12.5. The molecule has 0 radical (unpaired) electrons. The standard InChI is InChI=1S/C17H25NO3/c1-5-21-15(19)17(11-10-16(2,3)12-17)18-13-8-6-7-9-14(13)20-4/h6-9,18H,5,10-12H2,1-4H3. The average molecular weight is 291 g/mol. The van der Waals surface area contributed by atoms with Crippen molar-refractivity contribution in [2.45, 2.75) is 45.6 Å². The molecule has 0 aromatic heterocycles. The van der Waals surface area contributed by atoms with Crippen molar-refractivity contribution in [1.82, 2.24) is 0 Å². The predicted octanol–water partition coefficient (Wildman–Crippen LogP) is 3.62. The van der Waals surface area contributed by atoms with Crippen LogP contribution in [-0.4, -0.2) is 25.2 Å². The van der Waals surface area contributed by atoms with Crippen LogP contribution in [0.25, 0.3) is 0 Å². The Bertz CT molecular complexity index is 513. The number of nitrogens with one attached hydrogen (secondary N) is 1. The van der Waals surface area contributed by atoms with Crippen molar-refractivity contribution in [2.24, 2.45) is 5.41 Å². The summed E-state index contributed by atoms with van der Waals surface area (Å²) in [6.07, 6.45) is 2.53. The van der Waals surface area contributed by atoms with E-state index in [-0.39, 0.29) is 11.4 Å². The van der Waals surface area contributed by atoms with Gasteiger partial charge in [0.15, 0.2) is 0 Å². The van der Waals surface area contributed by atoms with Crippen molar-refractivity contribution in [2.75, 3.05) is 19.0 Å². The first-order chi connectivity index (χ1) is 9.92. The minimum absolute atomic E-state index is 0.127. The SMILES string of the molecule is CCOC(=O)C1(Nc2ccccc2OC)CCC(C)(C)C1. The Morgan fingerprint density at radius 1 is 1.29 bits per heavy atom. The van der Waals surface area contributed by atoms with Crippen LogP contribution in [0.4, 0.5) is 5.69 Å². The molecule has 4 nitrogen and oxygen atoms in total. The maximum Gasteiger partial charge on any atom is 0.331 e.